The molecular weight excluding hydrogens is 160 g/mol. The molecule has 0 spiro atoms. The van der Waals surface area contributed by atoms with Crippen molar-refractivity contribution in [2.45, 2.75) is 0 Å². The lowest BCUT2D eigenvalue weighted by Gasteiger charge is -1.94. The van der Waals surface area contributed by atoms with Crippen LogP contribution < -0.4 is 5.73 Å². The quantitative estimate of drug-likeness (QED) is 0.196. The van der Waals surface area contributed by atoms with Gasteiger partial charge in [0.05, 0.1) is 0 Å². The number of halogens is 1. The smallest absolute Gasteiger partial charge is 0.201 e. The zero-order valence-electron chi connectivity index (χ0n) is 4.74. The molecular formula is C3H5ClN4O2. The van der Waals surface area contributed by atoms with E-state index >= 15 is 0 Å². The lowest BCUT2D eigenvalue weighted by atomic mass is 10.4. The van der Waals surface area contributed by atoms with Gasteiger partial charge in [0.2, 0.25) is 5.17 Å². The minimum Gasteiger partial charge on any atom is -0.410 e. The van der Waals surface area contributed by atoms with Crippen LogP contribution in [0.5, 0.6) is 0 Å². The Morgan fingerprint density at radius 1 is 1.40 bits per heavy atom. The lowest BCUT2D eigenvalue weighted by molar-refractivity contribution is 0.316. The molecule has 0 aromatic carbocycles. The molecule has 5 N–H and O–H groups in total. The van der Waals surface area contributed by atoms with E-state index in [2.05, 4.69) is 10.3 Å². The van der Waals surface area contributed by atoms with Crippen LogP contribution in [0.25, 0.3) is 0 Å². The molecule has 0 aliphatic carbocycles. The maximum atomic E-state index is 8.09. The number of nitrogens with zero attached hydrogens (tertiary/aromatic N) is 2. The highest BCUT2D eigenvalue weighted by molar-refractivity contribution is 6.92. The summed E-state index contributed by atoms with van der Waals surface area (Å²) in [6, 6.07) is 0. The van der Waals surface area contributed by atoms with Crippen LogP contribution in [-0.2, 0) is 0 Å². The second-order valence-electron chi connectivity index (χ2n) is 1.25. The molecule has 0 heterocycles. The summed E-state index contributed by atoms with van der Waals surface area (Å²) in [4.78, 5) is 0. The number of hydrogen-bond donors (Lipinski definition) is 4. The third-order valence-corrected chi connectivity index (χ3v) is 0.893. The summed E-state index contributed by atoms with van der Waals surface area (Å²) in [6.07, 6.45) is 0. The van der Waals surface area contributed by atoms with E-state index in [1.807, 2.05) is 0 Å². The van der Waals surface area contributed by atoms with E-state index in [1.165, 1.54) is 0 Å². The Bertz CT molecular complexity index is 199. The van der Waals surface area contributed by atoms with Crippen LogP contribution in [0.4, 0.5) is 0 Å². The lowest BCUT2D eigenvalue weighted by Crippen LogP contribution is -2.27. The molecule has 0 aromatic rings. The molecule has 0 bridgehead atoms. The van der Waals surface area contributed by atoms with Crippen molar-refractivity contribution < 1.29 is 10.4 Å². The van der Waals surface area contributed by atoms with Gasteiger partial charge in [0.1, 0.15) is 5.84 Å². The van der Waals surface area contributed by atoms with Gasteiger partial charge in [0.15, 0.2) is 5.71 Å². The van der Waals surface area contributed by atoms with Crippen molar-refractivity contribution in [3.05, 3.63) is 0 Å². The zero-order valence-corrected chi connectivity index (χ0v) is 5.50. The number of oxime groups is 2. The number of rotatable bonds is 2. The number of hydrogen-bond acceptors (Lipinski definition) is 5. The Balaban J connectivity index is 4.56. The molecule has 0 rings (SSSR count). The highest BCUT2D eigenvalue weighted by atomic mass is 35.5. The van der Waals surface area contributed by atoms with Crippen LogP contribution in [0.2, 0.25) is 0 Å². The van der Waals surface area contributed by atoms with Crippen molar-refractivity contribution in [2.24, 2.45) is 16.0 Å². The summed E-state index contributed by atoms with van der Waals surface area (Å²) in [5.74, 6) is -0.578. The molecule has 0 aliphatic rings. The van der Waals surface area contributed by atoms with E-state index < -0.39 is 16.7 Å². The third-order valence-electron chi connectivity index (χ3n) is 0.638. The molecule has 0 saturated heterocycles. The van der Waals surface area contributed by atoms with Gasteiger partial charge < -0.3 is 16.1 Å². The Hall–Kier alpha value is -1.30. The maximum absolute atomic E-state index is 8.09. The number of nitrogens with one attached hydrogen (secondary N) is 1. The Morgan fingerprint density at radius 3 is 2.00 bits per heavy atom. The average molecular weight is 165 g/mol. The molecule has 0 saturated carbocycles. The standard InChI is InChI=1S/C3H5ClN4O2/c4-2(8-10)1(7-9)3(5)6/h9-10H,(H3,5,6)/b7-1-,8-2-. The summed E-state index contributed by atoms with van der Waals surface area (Å²) in [5.41, 5.74) is 4.37. The van der Waals surface area contributed by atoms with Crippen molar-refractivity contribution in [1.29, 1.82) is 5.41 Å². The molecule has 0 fully saturated rings. The first-order chi connectivity index (χ1) is 4.63. The van der Waals surface area contributed by atoms with Crippen molar-refractivity contribution in [3.63, 3.8) is 0 Å². The number of amidine groups is 1. The fraction of sp³-hybridized carbons (Fsp3) is 0. The summed E-state index contributed by atoms with van der Waals surface area (Å²) >= 11 is 5.11. The molecule has 56 valence electrons. The molecule has 0 aliphatic heterocycles. The monoisotopic (exact) mass is 164 g/mol. The summed E-state index contributed by atoms with van der Waals surface area (Å²) in [5, 5.41) is 27.2. The highest BCUT2D eigenvalue weighted by Gasteiger charge is 2.10. The first-order valence-corrected chi connectivity index (χ1v) is 2.45. The minimum absolute atomic E-state index is 0.468. The van der Waals surface area contributed by atoms with Gasteiger partial charge in [-0.25, -0.2) is 0 Å². The van der Waals surface area contributed by atoms with Crippen LogP contribution >= 0.6 is 11.6 Å². The van der Waals surface area contributed by atoms with Crippen molar-refractivity contribution in [1.82, 2.24) is 0 Å². The summed E-state index contributed by atoms with van der Waals surface area (Å²) in [7, 11) is 0. The molecule has 0 unspecified atom stereocenters. The van der Waals surface area contributed by atoms with Crippen molar-refractivity contribution >= 4 is 28.3 Å². The topological polar surface area (TPSA) is 115 Å². The molecule has 6 nitrogen and oxygen atoms in total. The van der Waals surface area contributed by atoms with Crippen LogP contribution in [0, 0.1) is 5.41 Å². The molecule has 0 radical (unpaired) electrons. The average Bonchev–Trinajstić information content (AvgIpc) is 1.88. The SMILES string of the molecule is N=C(N)C(=N\O)/C(Cl)=N/O. The van der Waals surface area contributed by atoms with Crippen LogP contribution in [0.3, 0.4) is 0 Å². The second-order valence-corrected chi connectivity index (χ2v) is 1.61. The van der Waals surface area contributed by atoms with E-state index in [1.54, 1.807) is 0 Å². The highest BCUT2D eigenvalue weighted by Crippen LogP contribution is 1.88. The first-order valence-electron chi connectivity index (χ1n) is 2.07. The minimum atomic E-state index is -0.578. The van der Waals surface area contributed by atoms with Gasteiger partial charge >= 0.3 is 0 Å². The summed E-state index contributed by atoms with van der Waals surface area (Å²) < 4.78 is 0. The molecule has 7 heteroatoms. The second kappa shape index (κ2) is 3.67. The van der Waals surface area contributed by atoms with Gasteiger partial charge in [-0.2, -0.15) is 0 Å². The van der Waals surface area contributed by atoms with E-state index in [0.29, 0.717) is 0 Å². The first kappa shape index (κ1) is 8.70. The van der Waals surface area contributed by atoms with E-state index in [0.717, 1.165) is 0 Å². The Morgan fingerprint density at radius 2 is 1.90 bits per heavy atom. The van der Waals surface area contributed by atoms with Gasteiger partial charge in [-0.1, -0.05) is 21.9 Å². The molecule has 10 heavy (non-hydrogen) atoms. The summed E-state index contributed by atoms with van der Waals surface area (Å²) in [6.45, 7) is 0. The fourth-order valence-electron chi connectivity index (χ4n) is 0.254. The van der Waals surface area contributed by atoms with Gasteiger partial charge in [-0.05, 0) is 0 Å². The van der Waals surface area contributed by atoms with Crippen LogP contribution in [0.1, 0.15) is 0 Å². The fourth-order valence-corrected chi connectivity index (χ4v) is 0.393. The molecule has 0 atom stereocenters. The van der Waals surface area contributed by atoms with Crippen LogP contribution in [-0.4, -0.2) is 27.1 Å². The Kier molecular flexibility index (Phi) is 3.20. The predicted octanol–water partition coefficient (Wildman–Crippen LogP) is -0.221. The normalized spacial score (nSPS) is 13.3. The van der Waals surface area contributed by atoms with Crippen LogP contribution in [0.15, 0.2) is 10.3 Å². The maximum Gasteiger partial charge on any atom is 0.201 e. The van der Waals surface area contributed by atoms with E-state index in [4.69, 9.17) is 33.2 Å². The van der Waals surface area contributed by atoms with Crippen molar-refractivity contribution in [2.75, 3.05) is 0 Å². The zero-order chi connectivity index (χ0) is 8.15. The van der Waals surface area contributed by atoms with Gasteiger partial charge in [-0.15, -0.1) is 0 Å². The molecule has 0 amide bonds. The molecule has 0 aromatic heterocycles. The third kappa shape index (κ3) is 1.90. The van der Waals surface area contributed by atoms with E-state index in [-0.39, 0.29) is 0 Å². The van der Waals surface area contributed by atoms with Crippen molar-refractivity contribution in [3.8, 4) is 0 Å². The Labute approximate surface area is 61.1 Å². The van der Waals surface area contributed by atoms with Gasteiger partial charge in [0.25, 0.3) is 0 Å². The van der Waals surface area contributed by atoms with Gasteiger partial charge in [0, 0.05) is 0 Å². The largest absolute Gasteiger partial charge is 0.410 e. The number of nitrogens with two attached hydrogens (primary N) is 1. The predicted molar refractivity (Wildman–Crippen MR) is 36.2 cm³/mol. The van der Waals surface area contributed by atoms with Gasteiger partial charge in [-0.3, -0.25) is 5.41 Å². The van der Waals surface area contributed by atoms with E-state index in [9.17, 15) is 0 Å².